The van der Waals surface area contributed by atoms with Gasteiger partial charge in [0.2, 0.25) is 11.8 Å². The van der Waals surface area contributed by atoms with Crippen LogP contribution < -0.4 is 10.6 Å². The molecule has 3 aliphatic rings. The van der Waals surface area contributed by atoms with E-state index in [2.05, 4.69) is 25.4 Å². The Morgan fingerprint density at radius 3 is 2.28 bits per heavy atom. The minimum atomic E-state index is 0. The Labute approximate surface area is 191 Å². The van der Waals surface area contributed by atoms with E-state index in [1.54, 1.807) is 7.05 Å². The highest BCUT2D eigenvalue weighted by molar-refractivity contribution is 14.0. The van der Waals surface area contributed by atoms with Gasteiger partial charge in [-0.05, 0) is 38.5 Å². The molecule has 0 atom stereocenters. The van der Waals surface area contributed by atoms with Gasteiger partial charge in [-0.1, -0.05) is 0 Å². The number of piperidine rings is 1. The zero-order chi connectivity index (χ0) is 19.8. The van der Waals surface area contributed by atoms with Gasteiger partial charge in [-0.15, -0.1) is 24.0 Å². The van der Waals surface area contributed by atoms with Gasteiger partial charge in [0.1, 0.15) is 0 Å². The molecule has 0 aromatic heterocycles. The molecule has 0 aromatic rings. The first-order valence-electron chi connectivity index (χ1n) is 10.9. The lowest BCUT2D eigenvalue weighted by Crippen LogP contribution is -2.54. The van der Waals surface area contributed by atoms with E-state index in [9.17, 15) is 9.59 Å². The number of halogens is 1. The number of amides is 2. The Morgan fingerprint density at radius 2 is 1.66 bits per heavy atom. The van der Waals surface area contributed by atoms with Crippen molar-refractivity contribution in [1.82, 2.24) is 25.3 Å². The highest BCUT2D eigenvalue weighted by Gasteiger charge is 2.24. The van der Waals surface area contributed by atoms with Crippen molar-refractivity contribution in [2.45, 2.75) is 51.0 Å². The van der Waals surface area contributed by atoms with Crippen LogP contribution in [0.3, 0.4) is 0 Å². The van der Waals surface area contributed by atoms with Gasteiger partial charge in [-0.2, -0.15) is 0 Å². The van der Waals surface area contributed by atoms with Crippen LogP contribution in [0.4, 0.5) is 0 Å². The number of nitrogens with zero attached hydrogens (tertiary/aromatic N) is 4. The smallest absolute Gasteiger partial charge is 0.236 e. The number of aliphatic imine (C=N–C) groups is 1. The normalized spacial score (nSPS) is 20.8. The molecule has 2 saturated heterocycles. The molecule has 166 valence electrons. The summed E-state index contributed by atoms with van der Waals surface area (Å²) in [4.78, 5) is 35.1. The van der Waals surface area contributed by atoms with Crippen molar-refractivity contribution in [2.75, 3.05) is 59.4 Å². The zero-order valence-corrected chi connectivity index (χ0v) is 20.0. The second-order valence-corrected chi connectivity index (χ2v) is 8.12. The topological polar surface area (TPSA) is 80.3 Å². The molecule has 3 rings (SSSR count). The van der Waals surface area contributed by atoms with Gasteiger partial charge >= 0.3 is 0 Å². The molecule has 3 fully saturated rings. The molecule has 9 heteroatoms. The lowest BCUT2D eigenvalue weighted by Gasteiger charge is -2.37. The third-order valence-corrected chi connectivity index (χ3v) is 5.76. The maximum Gasteiger partial charge on any atom is 0.236 e. The predicted octanol–water partition coefficient (Wildman–Crippen LogP) is 0.869. The molecule has 8 nitrogen and oxygen atoms in total. The molecule has 2 heterocycles. The fraction of sp³-hybridized carbons (Fsp3) is 0.850. The number of rotatable bonds is 7. The average Bonchev–Trinajstić information content (AvgIpc) is 3.53. The number of carbonyl (C=O) groups excluding carboxylic acids is 2. The van der Waals surface area contributed by atoms with Crippen molar-refractivity contribution in [3.05, 3.63) is 0 Å². The van der Waals surface area contributed by atoms with Crippen LogP contribution in [0, 0.1) is 0 Å². The van der Waals surface area contributed by atoms with Crippen molar-refractivity contribution in [3.63, 3.8) is 0 Å². The molecule has 0 unspecified atom stereocenters. The van der Waals surface area contributed by atoms with Crippen molar-refractivity contribution in [3.8, 4) is 0 Å². The van der Waals surface area contributed by atoms with Crippen molar-refractivity contribution in [1.29, 1.82) is 0 Å². The molecule has 29 heavy (non-hydrogen) atoms. The van der Waals surface area contributed by atoms with Crippen molar-refractivity contribution >= 4 is 41.8 Å². The third kappa shape index (κ3) is 8.27. The second-order valence-electron chi connectivity index (χ2n) is 8.12. The molecule has 0 aromatic carbocycles. The van der Waals surface area contributed by atoms with E-state index < -0.39 is 0 Å². The predicted molar refractivity (Wildman–Crippen MR) is 126 cm³/mol. The highest BCUT2D eigenvalue weighted by Crippen LogP contribution is 2.18. The lowest BCUT2D eigenvalue weighted by atomic mass is 10.1. The van der Waals surface area contributed by atoms with E-state index in [0.29, 0.717) is 19.0 Å². The van der Waals surface area contributed by atoms with Crippen molar-refractivity contribution in [2.24, 2.45) is 4.99 Å². The minimum Gasteiger partial charge on any atom is -0.356 e. The van der Waals surface area contributed by atoms with Crippen LogP contribution in [0.5, 0.6) is 0 Å². The number of nitrogens with one attached hydrogen (secondary N) is 2. The molecule has 1 aliphatic carbocycles. The zero-order valence-electron chi connectivity index (χ0n) is 17.7. The van der Waals surface area contributed by atoms with E-state index in [4.69, 9.17) is 0 Å². The maximum absolute atomic E-state index is 12.4. The van der Waals surface area contributed by atoms with Crippen LogP contribution in [0.1, 0.15) is 44.9 Å². The molecule has 0 radical (unpaired) electrons. The van der Waals surface area contributed by atoms with Gasteiger partial charge in [0.05, 0.1) is 6.54 Å². The molecule has 2 N–H and O–H groups in total. The standard InChI is InChI=1S/C20H36N6O2.HI/c1-21-20(22-9-5-6-18(27)23-17-7-8-17)26-14-12-24(13-15-26)16-19(28)25-10-3-2-4-11-25;/h17H,2-16H2,1H3,(H,21,22)(H,23,27);1H. The Morgan fingerprint density at radius 1 is 0.966 bits per heavy atom. The monoisotopic (exact) mass is 520 g/mol. The van der Waals surface area contributed by atoms with Gasteiger partial charge in [0.15, 0.2) is 5.96 Å². The largest absolute Gasteiger partial charge is 0.356 e. The fourth-order valence-electron chi connectivity index (χ4n) is 3.86. The Balaban J connectivity index is 0.00000300. The summed E-state index contributed by atoms with van der Waals surface area (Å²) in [5.74, 6) is 1.33. The summed E-state index contributed by atoms with van der Waals surface area (Å²) in [7, 11) is 1.80. The van der Waals surface area contributed by atoms with Gasteiger partial charge in [0.25, 0.3) is 0 Å². The minimum absolute atomic E-state index is 0. The van der Waals surface area contributed by atoms with E-state index in [-0.39, 0.29) is 35.8 Å². The number of likely N-dealkylation sites (tertiary alicyclic amines) is 1. The summed E-state index contributed by atoms with van der Waals surface area (Å²) in [6.45, 7) is 6.63. The molecule has 2 amide bonds. The fourth-order valence-corrected chi connectivity index (χ4v) is 3.86. The summed E-state index contributed by atoms with van der Waals surface area (Å²) >= 11 is 0. The summed E-state index contributed by atoms with van der Waals surface area (Å²) in [6.07, 6.45) is 7.17. The van der Waals surface area contributed by atoms with Crippen molar-refractivity contribution < 1.29 is 9.59 Å². The third-order valence-electron chi connectivity index (χ3n) is 5.76. The molecule has 0 spiro atoms. The van der Waals surface area contributed by atoms with Gasteiger partial charge in [-0.25, -0.2) is 0 Å². The number of piperazine rings is 1. The van der Waals surface area contributed by atoms with Crippen LogP contribution in [-0.4, -0.2) is 97.9 Å². The van der Waals surface area contributed by atoms with E-state index >= 15 is 0 Å². The number of guanidine groups is 1. The van der Waals surface area contributed by atoms with Crippen LogP contribution in [0.25, 0.3) is 0 Å². The quantitative estimate of drug-likeness (QED) is 0.226. The van der Waals surface area contributed by atoms with Gasteiger partial charge in [-0.3, -0.25) is 19.5 Å². The van der Waals surface area contributed by atoms with E-state index in [1.165, 1.54) is 6.42 Å². The number of hydrogen-bond acceptors (Lipinski definition) is 4. The van der Waals surface area contributed by atoms with Crippen LogP contribution >= 0.6 is 24.0 Å². The number of hydrogen-bond donors (Lipinski definition) is 2. The van der Waals surface area contributed by atoms with E-state index in [0.717, 1.165) is 83.9 Å². The Hall–Kier alpha value is -1.10. The SMILES string of the molecule is CN=C(NCCCC(=O)NC1CC1)N1CCN(CC(=O)N2CCCCC2)CC1.I. The summed E-state index contributed by atoms with van der Waals surface area (Å²) < 4.78 is 0. The highest BCUT2D eigenvalue weighted by atomic mass is 127. The molecular weight excluding hydrogens is 483 g/mol. The number of carbonyl (C=O) groups is 2. The Bertz CT molecular complexity index is 555. The van der Waals surface area contributed by atoms with E-state index in [1.807, 2.05) is 4.90 Å². The molecule has 1 saturated carbocycles. The molecule has 2 aliphatic heterocycles. The van der Waals surface area contributed by atoms with Crippen LogP contribution in [0.2, 0.25) is 0 Å². The van der Waals surface area contributed by atoms with Crippen LogP contribution in [0.15, 0.2) is 4.99 Å². The lowest BCUT2D eigenvalue weighted by molar-refractivity contribution is -0.133. The summed E-state index contributed by atoms with van der Waals surface area (Å²) in [5.41, 5.74) is 0. The summed E-state index contributed by atoms with van der Waals surface area (Å²) in [6, 6.07) is 0.436. The average molecular weight is 520 g/mol. The first-order valence-corrected chi connectivity index (χ1v) is 10.9. The molecular formula is C20H37IN6O2. The van der Waals surface area contributed by atoms with Gasteiger partial charge in [0, 0.05) is 65.3 Å². The van der Waals surface area contributed by atoms with Crippen LogP contribution in [-0.2, 0) is 9.59 Å². The summed E-state index contributed by atoms with van der Waals surface area (Å²) in [5, 5.41) is 6.39. The molecule has 0 bridgehead atoms. The maximum atomic E-state index is 12.4. The Kier molecular flexibility index (Phi) is 10.5. The first kappa shape index (κ1) is 24.2. The first-order chi connectivity index (χ1) is 13.7. The second kappa shape index (κ2) is 12.6. The van der Waals surface area contributed by atoms with Gasteiger partial charge < -0.3 is 20.4 Å².